The van der Waals surface area contributed by atoms with Gasteiger partial charge in [0, 0.05) is 23.9 Å². The Balaban J connectivity index is 1.69. The van der Waals surface area contributed by atoms with Crippen molar-refractivity contribution in [1.29, 1.82) is 0 Å². The van der Waals surface area contributed by atoms with Crippen molar-refractivity contribution in [3.63, 3.8) is 0 Å². The van der Waals surface area contributed by atoms with Gasteiger partial charge in [-0.15, -0.1) is 11.3 Å². The number of anilines is 1. The van der Waals surface area contributed by atoms with Crippen molar-refractivity contribution in [3.8, 4) is 11.5 Å². The number of aromatic nitrogens is 1. The fourth-order valence-corrected chi connectivity index (χ4v) is 3.56. The second-order valence-corrected chi connectivity index (χ2v) is 7.43. The molecular weight excluding hydrogens is 356 g/mol. The van der Waals surface area contributed by atoms with E-state index in [1.54, 1.807) is 25.6 Å². The van der Waals surface area contributed by atoms with E-state index in [-0.39, 0.29) is 0 Å². The van der Waals surface area contributed by atoms with Gasteiger partial charge in [-0.1, -0.05) is 30.4 Å². The Hall–Kier alpha value is -2.79. The highest BCUT2D eigenvalue weighted by Crippen LogP contribution is 2.34. The summed E-state index contributed by atoms with van der Waals surface area (Å²) in [5, 5.41) is 4.33. The highest BCUT2D eigenvalue weighted by molar-refractivity contribution is 7.19. The molecule has 140 valence electrons. The lowest BCUT2D eigenvalue weighted by Gasteiger charge is -2.09. The van der Waals surface area contributed by atoms with Crippen LogP contribution in [0.3, 0.4) is 0 Å². The Morgan fingerprint density at radius 2 is 1.63 bits per heavy atom. The molecule has 2 aromatic carbocycles. The van der Waals surface area contributed by atoms with Crippen molar-refractivity contribution < 1.29 is 9.47 Å². The summed E-state index contributed by atoms with van der Waals surface area (Å²) in [4.78, 5) is 4.63. The van der Waals surface area contributed by atoms with E-state index < -0.39 is 0 Å². The third-order valence-electron chi connectivity index (χ3n) is 3.91. The minimum atomic E-state index is 0.433. The van der Waals surface area contributed by atoms with Gasteiger partial charge < -0.3 is 14.8 Å². The van der Waals surface area contributed by atoms with Crippen LogP contribution in [0.25, 0.3) is 22.4 Å². The maximum absolute atomic E-state index is 5.35. The van der Waals surface area contributed by atoms with Gasteiger partial charge in [-0.3, -0.25) is 0 Å². The third kappa shape index (κ3) is 4.89. The summed E-state index contributed by atoms with van der Waals surface area (Å²) in [6.45, 7) is 4.26. The predicted octanol–water partition coefficient (Wildman–Crippen LogP) is 5.86. The summed E-state index contributed by atoms with van der Waals surface area (Å²) in [5.74, 6) is 1.42. The fourth-order valence-electron chi connectivity index (χ4n) is 2.67. The lowest BCUT2D eigenvalue weighted by molar-refractivity contribution is 0.356. The first-order valence-electron chi connectivity index (χ1n) is 8.83. The van der Waals surface area contributed by atoms with Crippen LogP contribution in [0.4, 0.5) is 5.69 Å². The average Bonchev–Trinajstić information content (AvgIpc) is 3.06. The van der Waals surface area contributed by atoms with Crippen LogP contribution in [0, 0.1) is 0 Å². The van der Waals surface area contributed by atoms with Gasteiger partial charge in [-0.2, -0.15) is 0 Å². The largest absolute Gasteiger partial charge is 0.493 e. The molecule has 3 aromatic rings. The number of nitrogens with one attached hydrogen (secondary N) is 1. The van der Waals surface area contributed by atoms with Crippen molar-refractivity contribution in [3.05, 3.63) is 59.1 Å². The van der Waals surface area contributed by atoms with Crippen LogP contribution < -0.4 is 14.8 Å². The molecule has 0 saturated carbocycles. The molecule has 27 heavy (non-hydrogen) atoms. The van der Waals surface area contributed by atoms with Gasteiger partial charge in [0.15, 0.2) is 11.5 Å². The second-order valence-electron chi connectivity index (χ2n) is 6.37. The quantitative estimate of drug-likeness (QED) is 0.521. The smallest absolute Gasteiger partial charge is 0.162 e. The number of thiazole rings is 1. The van der Waals surface area contributed by atoms with Crippen LogP contribution in [0.1, 0.15) is 24.4 Å². The number of methoxy groups -OCH3 is 2. The first-order chi connectivity index (χ1) is 13.1. The second kappa shape index (κ2) is 8.73. The molecule has 1 heterocycles. The molecule has 3 rings (SSSR count). The monoisotopic (exact) mass is 380 g/mol. The van der Waals surface area contributed by atoms with Crippen molar-refractivity contribution in [2.24, 2.45) is 0 Å². The van der Waals surface area contributed by atoms with Gasteiger partial charge >= 0.3 is 0 Å². The van der Waals surface area contributed by atoms with Gasteiger partial charge in [0.2, 0.25) is 0 Å². The van der Waals surface area contributed by atoms with Gasteiger partial charge in [-0.05, 0) is 37.6 Å². The number of nitrogens with zero attached hydrogens (tertiary/aromatic N) is 1. The molecular formula is C22H24N2O2S. The van der Waals surface area contributed by atoms with E-state index in [1.165, 1.54) is 0 Å². The highest BCUT2D eigenvalue weighted by atomic mass is 32.1. The Morgan fingerprint density at radius 1 is 0.963 bits per heavy atom. The molecule has 0 fully saturated rings. The van der Waals surface area contributed by atoms with Crippen molar-refractivity contribution >= 4 is 39.4 Å². The number of benzene rings is 2. The van der Waals surface area contributed by atoms with Gasteiger partial charge in [0.05, 0.1) is 24.4 Å². The number of fused-ring (bicyclic) bond motifs is 1. The first kappa shape index (κ1) is 19.0. The normalized spacial score (nSPS) is 11.7. The van der Waals surface area contributed by atoms with Crippen LogP contribution in [-0.4, -0.2) is 25.2 Å². The predicted molar refractivity (Wildman–Crippen MR) is 116 cm³/mol. The summed E-state index contributed by atoms with van der Waals surface area (Å²) >= 11 is 1.62. The summed E-state index contributed by atoms with van der Waals surface area (Å²) < 4.78 is 11.8. The van der Waals surface area contributed by atoms with Crippen LogP contribution in [0.5, 0.6) is 11.5 Å². The highest BCUT2D eigenvalue weighted by Gasteiger charge is 2.09. The summed E-state index contributed by atoms with van der Waals surface area (Å²) in [5.41, 5.74) is 3.21. The average molecular weight is 381 g/mol. The molecule has 1 N–H and O–H groups in total. The van der Waals surface area contributed by atoms with Crippen molar-refractivity contribution in [1.82, 2.24) is 4.98 Å². The summed E-state index contributed by atoms with van der Waals surface area (Å²) in [7, 11) is 3.27. The minimum Gasteiger partial charge on any atom is -0.493 e. The van der Waals surface area contributed by atoms with Gasteiger partial charge in [-0.25, -0.2) is 4.98 Å². The SMILES string of the molecule is COc1cc2nc(/C=C/C=C/c3ccc(NC(C)C)cc3)sc2cc1OC. The van der Waals surface area contributed by atoms with E-state index in [1.807, 2.05) is 30.4 Å². The summed E-state index contributed by atoms with van der Waals surface area (Å²) in [6.07, 6.45) is 8.12. The van der Waals surface area contributed by atoms with Crippen LogP contribution >= 0.6 is 11.3 Å². The summed E-state index contributed by atoms with van der Waals surface area (Å²) in [6, 6.07) is 12.7. The first-order valence-corrected chi connectivity index (χ1v) is 9.64. The zero-order valence-electron chi connectivity index (χ0n) is 16.0. The lowest BCUT2D eigenvalue weighted by Crippen LogP contribution is -2.09. The molecule has 0 radical (unpaired) electrons. The van der Waals surface area contributed by atoms with E-state index in [2.05, 4.69) is 54.5 Å². The zero-order chi connectivity index (χ0) is 19.2. The number of rotatable bonds is 7. The maximum atomic E-state index is 5.35. The number of hydrogen-bond donors (Lipinski definition) is 1. The molecule has 5 heteroatoms. The minimum absolute atomic E-state index is 0.433. The molecule has 0 aliphatic carbocycles. The van der Waals surface area contributed by atoms with E-state index in [0.717, 1.165) is 32.2 Å². The maximum Gasteiger partial charge on any atom is 0.162 e. The topological polar surface area (TPSA) is 43.4 Å². The van der Waals surface area contributed by atoms with E-state index in [0.29, 0.717) is 11.8 Å². The van der Waals surface area contributed by atoms with E-state index >= 15 is 0 Å². The molecule has 0 aliphatic rings. The molecule has 0 saturated heterocycles. The Kier molecular flexibility index (Phi) is 6.14. The van der Waals surface area contributed by atoms with E-state index in [4.69, 9.17) is 9.47 Å². The fraction of sp³-hybridized carbons (Fsp3) is 0.227. The molecule has 0 bridgehead atoms. The van der Waals surface area contributed by atoms with Crippen molar-refractivity contribution in [2.45, 2.75) is 19.9 Å². The third-order valence-corrected chi connectivity index (χ3v) is 4.90. The Labute approximate surface area is 164 Å². The molecule has 1 aromatic heterocycles. The molecule has 0 amide bonds. The van der Waals surface area contributed by atoms with Gasteiger partial charge in [0.25, 0.3) is 0 Å². The standard InChI is InChI=1S/C22H24N2O2S/c1-15(2)23-17-11-9-16(10-12-17)7-5-6-8-22-24-18-13-19(25-3)20(26-4)14-21(18)27-22/h5-15,23H,1-4H3/b7-5+,8-6+. The lowest BCUT2D eigenvalue weighted by atomic mass is 10.2. The van der Waals surface area contributed by atoms with Crippen molar-refractivity contribution in [2.75, 3.05) is 19.5 Å². The number of hydrogen-bond acceptors (Lipinski definition) is 5. The molecule has 0 aliphatic heterocycles. The number of ether oxygens (including phenoxy) is 2. The molecule has 4 nitrogen and oxygen atoms in total. The molecule has 0 spiro atoms. The van der Waals surface area contributed by atoms with Crippen LogP contribution in [0.15, 0.2) is 48.6 Å². The Bertz CT molecular complexity index is 915. The van der Waals surface area contributed by atoms with Crippen LogP contribution in [0.2, 0.25) is 0 Å². The molecule has 0 atom stereocenters. The molecule has 0 unspecified atom stereocenters. The van der Waals surface area contributed by atoms with Gasteiger partial charge in [0.1, 0.15) is 5.01 Å². The van der Waals surface area contributed by atoms with Crippen LogP contribution in [-0.2, 0) is 0 Å². The zero-order valence-corrected chi connectivity index (χ0v) is 16.8. The Morgan fingerprint density at radius 3 is 2.30 bits per heavy atom. The van der Waals surface area contributed by atoms with E-state index in [9.17, 15) is 0 Å². The number of allylic oxidation sites excluding steroid dienone is 2.